The third kappa shape index (κ3) is 2.22. The van der Waals surface area contributed by atoms with Crippen LogP contribution in [0.2, 0.25) is 0 Å². The topological polar surface area (TPSA) is 39.9 Å². The van der Waals surface area contributed by atoms with E-state index in [0.29, 0.717) is 11.7 Å². The molecule has 90 valence electrons. The van der Waals surface area contributed by atoms with Crippen LogP contribution in [0.3, 0.4) is 0 Å². The molecule has 1 aliphatic carbocycles. The smallest absolute Gasteiger partial charge is 0.163 e. The molecule has 0 unspecified atom stereocenters. The third-order valence-corrected chi connectivity index (χ3v) is 3.85. The fourth-order valence-corrected chi connectivity index (χ4v) is 2.75. The zero-order chi connectivity index (χ0) is 12.4. The molecule has 1 saturated carbocycles. The zero-order valence-electron chi connectivity index (χ0n) is 9.91. The molecule has 2 aromatic rings. The summed E-state index contributed by atoms with van der Waals surface area (Å²) >= 11 is 1.71. The van der Waals surface area contributed by atoms with Crippen LogP contribution >= 0.6 is 11.3 Å². The van der Waals surface area contributed by atoms with E-state index in [-0.39, 0.29) is 0 Å². The molecule has 18 heavy (non-hydrogen) atoms. The molecule has 1 fully saturated rings. The minimum absolute atomic E-state index is 0.527. The van der Waals surface area contributed by atoms with Crippen LogP contribution < -0.4 is 4.90 Å². The molecule has 0 bridgehead atoms. The van der Waals surface area contributed by atoms with E-state index in [4.69, 9.17) is 5.26 Å². The number of nitrogens with zero attached hydrogens (tertiary/aromatic N) is 3. The van der Waals surface area contributed by atoms with Crippen LogP contribution in [0.4, 0.5) is 5.69 Å². The molecule has 0 radical (unpaired) electrons. The average Bonchev–Trinajstić information content (AvgIpc) is 3.13. The molecule has 0 aliphatic heterocycles. The van der Waals surface area contributed by atoms with Gasteiger partial charge in [-0.1, -0.05) is 0 Å². The predicted molar refractivity (Wildman–Crippen MR) is 72.5 cm³/mol. The summed E-state index contributed by atoms with van der Waals surface area (Å²) in [5, 5.41) is 13.4. The highest BCUT2D eigenvalue weighted by atomic mass is 32.1. The van der Waals surface area contributed by atoms with Crippen molar-refractivity contribution < 1.29 is 0 Å². The van der Waals surface area contributed by atoms with Crippen molar-refractivity contribution in [3.8, 4) is 6.07 Å². The second kappa shape index (κ2) is 4.79. The van der Waals surface area contributed by atoms with Gasteiger partial charge in [-0.2, -0.15) is 16.6 Å². The van der Waals surface area contributed by atoms with Gasteiger partial charge in [0, 0.05) is 18.8 Å². The molecular formula is C14H13N3S. The monoisotopic (exact) mass is 255 g/mol. The number of anilines is 1. The second-order valence-corrected chi connectivity index (χ2v) is 5.25. The minimum atomic E-state index is 0.527. The molecule has 2 aromatic heterocycles. The molecule has 0 saturated heterocycles. The molecular weight excluding hydrogens is 242 g/mol. The van der Waals surface area contributed by atoms with Gasteiger partial charge in [-0.25, -0.2) is 4.98 Å². The molecule has 4 heteroatoms. The minimum Gasteiger partial charge on any atom is -0.362 e. The Morgan fingerprint density at radius 2 is 2.33 bits per heavy atom. The summed E-state index contributed by atoms with van der Waals surface area (Å²) in [4.78, 5) is 6.47. The van der Waals surface area contributed by atoms with Crippen molar-refractivity contribution in [3.05, 3.63) is 46.4 Å². The number of pyridine rings is 1. The highest BCUT2D eigenvalue weighted by molar-refractivity contribution is 7.07. The van der Waals surface area contributed by atoms with Gasteiger partial charge >= 0.3 is 0 Å². The first-order chi connectivity index (χ1) is 8.88. The van der Waals surface area contributed by atoms with Crippen LogP contribution in [-0.4, -0.2) is 11.0 Å². The van der Waals surface area contributed by atoms with E-state index in [0.717, 1.165) is 12.2 Å². The van der Waals surface area contributed by atoms with Gasteiger partial charge in [-0.3, -0.25) is 0 Å². The van der Waals surface area contributed by atoms with E-state index in [9.17, 15) is 0 Å². The van der Waals surface area contributed by atoms with Gasteiger partial charge in [0.25, 0.3) is 0 Å². The van der Waals surface area contributed by atoms with E-state index in [1.165, 1.54) is 18.4 Å². The molecule has 0 aromatic carbocycles. The van der Waals surface area contributed by atoms with E-state index >= 15 is 0 Å². The molecule has 3 nitrogen and oxygen atoms in total. The van der Waals surface area contributed by atoms with Crippen LogP contribution in [0.15, 0.2) is 35.2 Å². The summed E-state index contributed by atoms with van der Waals surface area (Å²) in [6, 6.07) is 8.80. The van der Waals surface area contributed by atoms with Gasteiger partial charge in [-0.15, -0.1) is 0 Å². The van der Waals surface area contributed by atoms with Crippen molar-refractivity contribution in [2.75, 3.05) is 4.90 Å². The maximum Gasteiger partial charge on any atom is 0.163 e. The third-order valence-electron chi connectivity index (χ3n) is 3.12. The first-order valence-electron chi connectivity index (χ1n) is 6.01. The summed E-state index contributed by atoms with van der Waals surface area (Å²) in [6.07, 6.45) is 4.10. The van der Waals surface area contributed by atoms with E-state index in [1.807, 2.05) is 12.1 Å². The Hall–Kier alpha value is -1.86. The Morgan fingerprint density at radius 1 is 1.44 bits per heavy atom. The van der Waals surface area contributed by atoms with Crippen molar-refractivity contribution >= 4 is 17.0 Å². The number of hydrogen-bond acceptors (Lipinski definition) is 4. The molecule has 0 spiro atoms. The Kier molecular flexibility index (Phi) is 2.99. The molecule has 3 rings (SSSR count). The van der Waals surface area contributed by atoms with Crippen molar-refractivity contribution in [2.45, 2.75) is 25.4 Å². The SMILES string of the molecule is N#Cc1ncccc1N(Cc1ccsc1)C1CC1. The zero-order valence-corrected chi connectivity index (χ0v) is 10.7. The maximum atomic E-state index is 9.16. The number of rotatable bonds is 4. The van der Waals surface area contributed by atoms with Crippen molar-refractivity contribution in [3.63, 3.8) is 0 Å². The fraction of sp³-hybridized carbons (Fsp3) is 0.286. The molecule has 2 heterocycles. The Bertz CT molecular complexity index is 567. The highest BCUT2D eigenvalue weighted by Gasteiger charge is 2.30. The highest BCUT2D eigenvalue weighted by Crippen LogP contribution is 2.34. The predicted octanol–water partition coefficient (Wildman–Crippen LogP) is 3.18. The molecule has 0 N–H and O–H groups in total. The van der Waals surface area contributed by atoms with Crippen LogP contribution in [0, 0.1) is 11.3 Å². The van der Waals surface area contributed by atoms with Crippen LogP contribution in [0.1, 0.15) is 24.1 Å². The van der Waals surface area contributed by atoms with Gasteiger partial charge in [0.2, 0.25) is 0 Å². The number of aromatic nitrogens is 1. The lowest BCUT2D eigenvalue weighted by Gasteiger charge is -2.24. The van der Waals surface area contributed by atoms with E-state index < -0.39 is 0 Å². The average molecular weight is 255 g/mol. The summed E-state index contributed by atoms with van der Waals surface area (Å²) in [5.74, 6) is 0. The second-order valence-electron chi connectivity index (χ2n) is 4.47. The van der Waals surface area contributed by atoms with Gasteiger partial charge < -0.3 is 4.90 Å². The van der Waals surface area contributed by atoms with Crippen molar-refractivity contribution in [1.29, 1.82) is 5.26 Å². The lowest BCUT2D eigenvalue weighted by Crippen LogP contribution is -2.25. The van der Waals surface area contributed by atoms with Crippen LogP contribution in [-0.2, 0) is 6.54 Å². The first-order valence-corrected chi connectivity index (χ1v) is 6.95. The standard InChI is InChI=1S/C14H13N3S/c15-8-13-14(2-1-6-16-13)17(12-3-4-12)9-11-5-7-18-10-11/h1-2,5-7,10,12H,3-4,9H2. The normalized spacial score (nSPS) is 14.2. The summed E-state index contributed by atoms with van der Waals surface area (Å²) < 4.78 is 0. The Morgan fingerprint density at radius 3 is 3.00 bits per heavy atom. The summed E-state index contributed by atoms with van der Waals surface area (Å²) in [7, 11) is 0. The van der Waals surface area contributed by atoms with E-state index in [2.05, 4.69) is 32.8 Å². The summed E-state index contributed by atoms with van der Waals surface area (Å²) in [6.45, 7) is 0.870. The van der Waals surface area contributed by atoms with Gasteiger partial charge in [0.1, 0.15) is 6.07 Å². The van der Waals surface area contributed by atoms with Crippen LogP contribution in [0.5, 0.6) is 0 Å². The fourth-order valence-electron chi connectivity index (χ4n) is 2.09. The van der Waals surface area contributed by atoms with Crippen molar-refractivity contribution in [2.24, 2.45) is 0 Å². The molecule has 0 amide bonds. The number of nitriles is 1. The molecule has 0 atom stereocenters. The summed E-state index contributed by atoms with van der Waals surface area (Å²) in [5.41, 5.74) is 2.80. The van der Waals surface area contributed by atoms with Crippen LogP contribution in [0.25, 0.3) is 0 Å². The lowest BCUT2D eigenvalue weighted by molar-refractivity contribution is 0.792. The van der Waals surface area contributed by atoms with Crippen molar-refractivity contribution in [1.82, 2.24) is 4.98 Å². The quantitative estimate of drug-likeness (QED) is 0.842. The van der Waals surface area contributed by atoms with E-state index in [1.54, 1.807) is 17.5 Å². The van der Waals surface area contributed by atoms with Gasteiger partial charge in [0.15, 0.2) is 5.69 Å². The van der Waals surface area contributed by atoms with Gasteiger partial charge in [0.05, 0.1) is 5.69 Å². The Labute approximate surface area is 110 Å². The number of hydrogen-bond donors (Lipinski definition) is 0. The van der Waals surface area contributed by atoms with Gasteiger partial charge in [-0.05, 0) is 47.4 Å². The number of thiophene rings is 1. The Balaban J connectivity index is 1.92. The largest absolute Gasteiger partial charge is 0.362 e. The first kappa shape index (κ1) is 11.2. The maximum absolute atomic E-state index is 9.16. The molecule has 1 aliphatic rings. The lowest BCUT2D eigenvalue weighted by atomic mass is 10.2.